The molecule has 0 saturated carbocycles. The van der Waals surface area contributed by atoms with Gasteiger partial charge in [0.25, 0.3) is 0 Å². The zero-order valence-electron chi connectivity index (χ0n) is 22.5. The molecule has 38 heavy (non-hydrogen) atoms. The number of anilines is 1. The Hall–Kier alpha value is -3.05. The Morgan fingerprint density at radius 3 is 2.58 bits per heavy atom. The van der Waals surface area contributed by atoms with E-state index in [-0.39, 0.29) is 16.3 Å². The van der Waals surface area contributed by atoms with E-state index in [1.165, 1.54) is 23.1 Å². The summed E-state index contributed by atoms with van der Waals surface area (Å²) in [4.78, 5) is 39.9. The predicted octanol–water partition coefficient (Wildman–Crippen LogP) is 4.76. The molecule has 1 aromatic carbocycles. The van der Waals surface area contributed by atoms with Crippen molar-refractivity contribution >= 4 is 40.0 Å². The highest BCUT2D eigenvalue weighted by atomic mass is 32.2. The van der Waals surface area contributed by atoms with Gasteiger partial charge in [0.1, 0.15) is 10.8 Å². The Kier molecular flexibility index (Phi) is 8.37. The molecule has 1 amide bonds. The number of methoxy groups -OCH3 is 2. The molecule has 2 heterocycles. The number of thiophene rings is 1. The number of rotatable bonds is 8. The Morgan fingerprint density at radius 2 is 1.97 bits per heavy atom. The lowest BCUT2D eigenvalue weighted by atomic mass is 9.72. The van der Waals surface area contributed by atoms with Crippen molar-refractivity contribution in [2.75, 3.05) is 19.5 Å². The number of H-pyrrole nitrogens is 1. The lowest BCUT2D eigenvalue weighted by Crippen LogP contribution is -2.37. The molecule has 0 saturated heterocycles. The van der Waals surface area contributed by atoms with Crippen LogP contribution in [-0.2, 0) is 22.4 Å². The molecule has 0 bridgehead atoms. The molecule has 0 radical (unpaired) electrons. The minimum atomic E-state index is -0.606. The molecule has 2 aromatic heterocycles. The second-order valence-corrected chi connectivity index (χ2v) is 12.6. The topological polar surface area (TPSA) is 115 Å². The molecule has 9 nitrogen and oxygen atoms in total. The van der Waals surface area contributed by atoms with Gasteiger partial charge in [-0.1, -0.05) is 27.7 Å². The predicted molar refractivity (Wildman–Crippen MR) is 147 cm³/mol. The van der Waals surface area contributed by atoms with Gasteiger partial charge in [0.2, 0.25) is 11.6 Å². The van der Waals surface area contributed by atoms with E-state index in [0.717, 1.165) is 41.5 Å². The second-order valence-electron chi connectivity index (χ2n) is 10.3. The third-order valence-corrected chi connectivity index (χ3v) is 9.55. The number of hydrogen-bond acceptors (Lipinski definition) is 8. The van der Waals surface area contributed by atoms with Crippen LogP contribution in [0.3, 0.4) is 0 Å². The highest BCUT2D eigenvalue weighted by Crippen LogP contribution is 2.44. The number of fused-ring (bicyclic) bond motifs is 1. The Labute approximate surface area is 229 Å². The molecule has 1 aliphatic rings. The summed E-state index contributed by atoms with van der Waals surface area (Å²) in [6.45, 7) is 8.58. The van der Waals surface area contributed by atoms with E-state index in [0.29, 0.717) is 34.3 Å². The standard InChI is InChI=1S/C27H33N3O6S2/c1-7-19(38-24-26(33)36-29-30(24)16-9-11-17(34-5)12-10-16)22(31)28-23-21(25(32)35-6)18-13-8-15(27(2,3)4)14-20(18)37-23/h9-12,15,19H,7-8,13-14H2,1-6H3,(H-,28,29,31,32,33)/p+1. The highest BCUT2D eigenvalue weighted by Gasteiger charge is 2.36. The quantitative estimate of drug-likeness (QED) is 0.232. The molecule has 0 aliphatic heterocycles. The van der Waals surface area contributed by atoms with Crippen molar-refractivity contribution in [3.8, 4) is 11.4 Å². The van der Waals surface area contributed by atoms with Gasteiger partial charge in [-0.3, -0.25) is 9.32 Å². The highest BCUT2D eigenvalue weighted by molar-refractivity contribution is 8.00. The first-order valence-corrected chi connectivity index (χ1v) is 14.2. The molecule has 2 N–H and O–H groups in total. The van der Waals surface area contributed by atoms with Gasteiger partial charge in [-0.2, -0.15) is 0 Å². The van der Waals surface area contributed by atoms with Crippen molar-refractivity contribution in [2.45, 2.75) is 63.7 Å². The molecule has 0 fully saturated rings. The number of nitrogens with one attached hydrogen (secondary N) is 2. The number of ether oxygens (including phenoxy) is 2. The van der Waals surface area contributed by atoms with Crippen LogP contribution in [0.15, 0.2) is 38.6 Å². The maximum absolute atomic E-state index is 13.5. The minimum absolute atomic E-state index is 0.150. The fourth-order valence-corrected chi connectivity index (χ4v) is 6.95. The summed E-state index contributed by atoms with van der Waals surface area (Å²) in [5.74, 6) is 0.420. The van der Waals surface area contributed by atoms with E-state index >= 15 is 0 Å². The number of benzene rings is 1. The number of amides is 1. The first-order valence-electron chi connectivity index (χ1n) is 12.6. The van der Waals surface area contributed by atoms with Gasteiger partial charge < -0.3 is 14.8 Å². The van der Waals surface area contributed by atoms with E-state index in [9.17, 15) is 14.4 Å². The Bertz CT molecular complexity index is 1370. The van der Waals surface area contributed by atoms with Gasteiger partial charge in [-0.15, -0.1) is 11.3 Å². The summed E-state index contributed by atoms with van der Waals surface area (Å²) >= 11 is 2.56. The van der Waals surface area contributed by atoms with Crippen LogP contribution < -0.4 is 20.4 Å². The van der Waals surface area contributed by atoms with Crippen molar-refractivity contribution in [1.29, 1.82) is 0 Å². The largest absolute Gasteiger partial charge is 0.497 e. The molecule has 11 heteroatoms. The van der Waals surface area contributed by atoms with E-state index in [2.05, 4.69) is 31.4 Å². The number of carbonyl (C=O) groups is 2. The molecule has 0 spiro atoms. The number of aromatic nitrogens is 2. The fraction of sp³-hybridized carbons (Fsp3) is 0.481. The summed E-state index contributed by atoms with van der Waals surface area (Å²) in [7, 11) is 2.93. The SMILES string of the molecule is CCC(Sc1c(=O)o[nH][n+]1-c1ccc(OC)cc1)C(=O)Nc1sc2c(c1C(=O)OC)CCC(C(C)(C)C)C2. The average Bonchev–Trinajstić information content (AvgIpc) is 3.45. The van der Waals surface area contributed by atoms with Crippen LogP contribution in [0.4, 0.5) is 5.00 Å². The van der Waals surface area contributed by atoms with Crippen molar-refractivity contribution in [1.82, 2.24) is 5.27 Å². The van der Waals surface area contributed by atoms with Crippen LogP contribution in [0.5, 0.6) is 5.75 Å². The normalized spacial score (nSPS) is 16.0. The van der Waals surface area contributed by atoms with Gasteiger partial charge in [0.05, 0.1) is 25.0 Å². The molecular formula is C27H34N3O6S2+. The number of thioether (sulfide) groups is 1. The molecule has 3 aromatic rings. The third-order valence-electron chi connectivity index (χ3n) is 6.97. The van der Waals surface area contributed by atoms with Gasteiger partial charge in [0, 0.05) is 17.0 Å². The molecule has 4 rings (SSSR count). The third kappa shape index (κ3) is 5.68. The molecule has 2 atom stereocenters. The summed E-state index contributed by atoms with van der Waals surface area (Å²) in [5.41, 5.74) is 1.65. The van der Waals surface area contributed by atoms with Crippen molar-refractivity contribution in [3.05, 3.63) is 50.7 Å². The summed E-state index contributed by atoms with van der Waals surface area (Å²) in [6, 6.07) is 7.09. The summed E-state index contributed by atoms with van der Waals surface area (Å²) < 4.78 is 16.8. The average molecular weight is 561 g/mol. The lowest BCUT2D eigenvalue weighted by Gasteiger charge is -2.33. The van der Waals surface area contributed by atoms with Crippen LogP contribution in [0.2, 0.25) is 0 Å². The number of esters is 1. The van der Waals surface area contributed by atoms with Crippen LogP contribution >= 0.6 is 23.1 Å². The summed E-state index contributed by atoms with van der Waals surface area (Å²) in [5, 5.41) is 5.72. The van der Waals surface area contributed by atoms with E-state index in [1.54, 1.807) is 31.4 Å². The van der Waals surface area contributed by atoms with Crippen molar-refractivity contribution < 1.29 is 28.3 Å². The maximum Gasteiger partial charge on any atom is 0.442 e. The monoisotopic (exact) mass is 560 g/mol. The number of aromatic amines is 1. The summed E-state index contributed by atoms with van der Waals surface area (Å²) in [6.07, 6.45) is 3.06. The number of hydrogen-bond donors (Lipinski definition) is 2. The van der Waals surface area contributed by atoms with Gasteiger partial charge in [-0.25, -0.2) is 9.59 Å². The lowest BCUT2D eigenvalue weighted by molar-refractivity contribution is -0.704. The zero-order chi connectivity index (χ0) is 27.6. The van der Waals surface area contributed by atoms with Crippen molar-refractivity contribution in [3.63, 3.8) is 0 Å². The molecule has 204 valence electrons. The molecule has 2 unspecified atom stereocenters. The van der Waals surface area contributed by atoms with Crippen molar-refractivity contribution in [2.24, 2.45) is 11.3 Å². The van der Waals surface area contributed by atoms with Crippen LogP contribution in [0, 0.1) is 11.3 Å². The van der Waals surface area contributed by atoms with E-state index < -0.39 is 16.8 Å². The van der Waals surface area contributed by atoms with Gasteiger partial charge in [0.15, 0.2) is 0 Å². The zero-order valence-corrected chi connectivity index (χ0v) is 24.1. The van der Waals surface area contributed by atoms with Crippen LogP contribution in [0.1, 0.15) is 61.3 Å². The van der Waals surface area contributed by atoms with E-state index in [4.69, 9.17) is 14.0 Å². The van der Waals surface area contributed by atoms with Crippen LogP contribution in [0.25, 0.3) is 5.69 Å². The number of nitrogens with zero attached hydrogens (tertiary/aromatic N) is 1. The molecule has 1 aliphatic carbocycles. The second kappa shape index (κ2) is 11.4. The van der Waals surface area contributed by atoms with E-state index in [1.807, 2.05) is 6.92 Å². The van der Waals surface area contributed by atoms with Crippen LogP contribution in [-0.4, -0.2) is 36.6 Å². The molecular weight excluding hydrogens is 526 g/mol. The maximum atomic E-state index is 13.5. The van der Waals surface area contributed by atoms with Gasteiger partial charge >= 0.3 is 16.6 Å². The Balaban J connectivity index is 1.59. The fourth-order valence-electron chi connectivity index (χ4n) is 4.65. The smallest absolute Gasteiger partial charge is 0.442 e. The minimum Gasteiger partial charge on any atom is -0.497 e. The number of carbonyl (C=O) groups excluding carboxylic acids is 2. The Morgan fingerprint density at radius 1 is 1.26 bits per heavy atom. The first kappa shape index (κ1) is 28.0. The first-order chi connectivity index (χ1) is 18.1. The van der Waals surface area contributed by atoms with Gasteiger partial charge in [-0.05, 0) is 76.4 Å².